The van der Waals surface area contributed by atoms with E-state index in [0.717, 1.165) is 15.7 Å². The highest BCUT2D eigenvalue weighted by Crippen LogP contribution is 2.33. The number of hydrogen-bond acceptors (Lipinski definition) is 3. The van der Waals surface area contributed by atoms with E-state index in [4.69, 9.17) is 21.1 Å². The van der Waals surface area contributed by atoms with Gasteiger partial charge in [0.25, 0.3) is 0 Å². The van der Waals surface area contributed by atoms with Crippen LogP contribution in [0, 0.1) is 0 Å². The Morgan fingerprint density at radius 1 is 1.05 bits per heavy atom. The highest BCUT2D eigenvalue weighted by molar-refractivity contribution is 9.10. The fraction of sp³-hybridized carbons (Fsp3) is 0.200. The van der Waals surface area contributed by atoms with E-state index in [2.05, 4.69) is 21.2 Å². The summed E-state index contributed by atoms with van der Waals surface area (Å²) in [6.07, 6.45) is 0. The van der Waals surface area contributed by atoms with Gasteiger partial charge < -0.3 is 14.8 Å². The highest BCUT2D eigenvalue weighted by Gasteiger charge is 2.09. The number of ether oxygens (including phenoxy) is 2. The molecule has 0 spiro atoms. The van der Waals surface area contributed by atoms with Crippen LogP contribution in [0.15, 0.2) is 40.9 Å². The zero-order valence-electron chi connectivity index (χ0n) is 11.2. The molecule has 0 saturated carbocycles. The van der Waals surface area contributed by atoms with Crippen molar-refractivity contribution in [1.82, 2.24) is 0 Å². The van der Waals surface area contributed by atoms with Gasteiger partial charge in [-0.3, -0.25) is 0 Å². The van der Waals surface area contributed by atoms with Gasteiger partial charge in [-0.25, -0.2) is 0 Å². The van der Waals surface area contributed by atoms with Gasteiger partial charge in [0.1, 0.15) is 0 Å². The molecule has 3 nitrogen and oxygen atoms in total. The van der Waals surface area contributed by atoms with E-state index in [9.17, 15) is 0 Å². The second kappa shape index (κ2) is 6.86. The van der Waals surface area contributed by atoms with E-state index in [1.165, 1.54) is 0 Å². The largest absolute Gasteiger partial charge is 0.493 e. The quantitative estimate of drug-likeness (QED) is 0.840. The minimum atomic E-state index is 0.612. The molecule has 0 bridgehead atoms. The van der Waals surface area contributed by atoms with Crippen LogP contribution in [0.5, 0.6) is 11.5 Å². The lowest BCUT2D eigenvalue weighted by Gasteiger charge is -2.13. The third-order valence-electron chi connectivity index (χ3n) is 2.88. The number of methoxy groups -OCH3 is 2. The van der Waals surface area contributed by atoms with Gasteiger partial charge in [0.15, 0.2) is 11.5 Å². The summed E-state index contributed by atoms with van der Waals surface area (Å²) in [5, 5.41) is 3.96. The minimum Gasteiger partial charge on any atom is -0.493 e. The molecule has 1 N–H and O–H groups in total. The Labute approximate surface area is 132 Å². The van der Waals surface area contributed by atoms with Crippen LogP contribution in [-0.4, -0.2) is 14.2 Å². The summed E-state index contributed by atoms with van der Waals surface area (Å²) in [6, 6.07) is 11.6. The van der Waals surface area contributed by atoms with Gasteiger partial charge in [-0.1, -0.05) is 27.5 Å². The maximum absolute atomic E-state index is 6.25. The van der Waals surface area contributed by atoms with E-state index in [1.807, 2.05) is 30.3 Å². The van der Waals surface area contributed by atoms with Crippen molar-refractivity contribution in [2.45, 2.75) is 6.54 Å². The Kier molecular flexibility index (Phi) is 5.15. The molecule has 2 rings (SSSR count). The SMILES string of the molecule is COc1cc(Cl)c(CNc2ccc(Br)cc2)cc1OC. The van der Waals surface area contributed by atoms with Crippen LogP contribution in [0.3, 0.4) is 0 Å². The molecule has 2 aromatic rings. The van der Waals surface area contributed by atoms with Crippen molar-refractivity contribution in [3.05, 3.63) is 51.5 Å². The molecule has 0 radical (unpaired) electrons. The molecule has 2 aromatic carbocycles. The van der Waals surface area contributed by atoms with Gasteiger partial charge in [-0.2, -0.15) is 0 Å². The van der Waals surface area contributed by atoms with Crippen LogP contribution in [0.4, 0.5) is 5.69 Å². The highest BCUT2D eigenvalue weighted by atomic mass is 79.9. The molecule has 106 valence electrons. The molecular formula is C15H15BrClNO2. The van der Waals surface area contributed by atoms with Gasteiger partial charge in [0, 0.05) is 27.8 Å². The Morgan fingerprint density at radius 3 is 2.25 bits per heavy atom. The monoisotopic (exact) mass is 355 g/mol. The number of nitrogens with one attached hydrogen (secondary N) is 1. The van der Waals surface area contributed by atoms with E-state index in [-0.39, 0.29) is 0 Å². The summed E-state index contributed by atoms with van der Waals surface area (Å²) in [7, 11) is 3.20. The first-order valence-corrected chi connectivity index (χ1v) is 7.21. The van der Waals surface area contributed by atoms with Crippen LogP contribution in [0.1, 0.15) is 5.56 Å². The van der Waals surface area contributed by atoms with Crippen molar-refractivity contribution in [2.24, 2.45) is 0 Å². The molecule has 0 fully saturated rings. The average molecular weight is 357 g/mol. The predicted molar refractivity (Wildman–Crippen MR) is 86.0 cm³/mol. The van der Waals surface area contributed by atoms with E-state index in [0.29, 0.717) is 23.1 Å². The summed E-state index contributed by atoms with van der Waals surface area (Å²) in [5.41, 5.74) is 1.98. The first kappa shape index (κ1) is 15.0. The van der Waals surface area contributed by atoms with Crippen LogP contribution < -0.4 is 14.8 Å². The zero-order valence-corrected chi connectivity index (χ0v) is 13.6. The lowest BCUT2D eigenvalue weighted by molar-refractivity contribution is 0.354. The lowest BCUT2D eigenvalue weighted by Crippen LogP contribution is -2.01. The van der Waals surface area contributed by atoms with Crippen molar-refractivity contribution in [2.75, 3.05) is 19.5 Å². The number of hydrogen-bond donors (Lipinski definition) is 1. The van der Waals surface area contributed by atoms with Gasteiger partial charge >= 0.3 is 0 Å². The number of halogens is 2. The summed E-state index contributed by atoms with van der Waals surface area (Å²) in [6.45, 7) is 0.612. The molecule has 0 aromatic heterocycles. The van der Waals surface area contributed by atoms with Gasteiger partial charge in [-0.15, -0.1) is 0 Å². The molecule has 0 aliphatic carbocycles. The first-order chi connectivity index (χ1) is 9.63. The topological polar surface area (TPSA) is 30.5 Å². The third kappa shape index (κ3) is 3.58. The molecule has 0 heterocycles. The molecule has 0 aliphatic heterocycles. The number of rotatable bonds is 5. The van der Waals surface area contributed by atoms with E-state index >= 15 is 0 Å². The second-order valence-corrected chi connectivity index (χ2v) is 5.48. The molecule has 0 amide bonds. The third-order valence-corrected chi connectivity index (χ3v) is 3.76. The standard InChI is InChI=1S/C15H15BrClNO2/c1-19-14-7-10(13(17)8-15(14)20-2)9-18-12-5-3-11(16)4-6-12/h3-8,18H,9H2,1-2H3. The normalized spacial score (nSPS) is 10.2. The van der Waals surface area contributed by atoms with Crippen molar-refractivity contribution in [3.63, 3.8) is 0 Å². The molecule has 5 heteroatoms. The minimum absolute atomic E-state index is 0.612. The summed E-state index contributed by atoms with van der Waals surface area (Å²) < 4.78 is 11.5. The Hall–Kier alpha value is -1.39. The summed E-state index contributed by atoms with van der Waals surface area (Å²) in [4.78, 5) is 0. The second-order valence-electron chi connectivity index (χ2n) is 4.16. The van der Waals surface area contributed by atoms with Crippen molar-refractivity contribution < 1.29 is 9.47 Å². The number of anilines is 1. The lowest BCUT2D eigenvalue weighted by atomic mass is 10.2. The molecule has 0 saturated heterocycles. The maximum Gasteiger partial charge on any atom is 0.162 e. The van der Waals surface area contributed by atoms with Crippen LogP contribution in [0.25, 0.3) is 0 Å². The molecular weight excluding hydrogens is 342 g/mol. The van der Waals surface area contributed by atoms with Gasteiger partial charge in [-0.05, 0) is 35.9 Å². The zero-order chi connectivity index (χ0) is 14.5. The fourth-order valence-electron chi connectivity index (χ4n) is 1.80. The van der Waals surface area contributed by atoms with Crippen LogP contribution in [0.2, 0.25) is 5.02 Å². The number of benzene rings is 2. The maximum atomic E-state index is 6.25. The van der Waals surface area contributed by atoms with Crippen molar-refractivity contribution in [3.8, 4) is 11.5 Å². The van der Waals surface area contributed by atoms with Gasteiger partial charge in [0.05, 0.1) is 14.2 Å². The molecule has 0 unspecified atom stereocenters. The summed E-state index contributed by atoms with van der Waals surface area (Å²) >= 11 is 9.65. The van der Waals surface area contributed by atoms with Crippen LogP contribution in [-0.2, 0) is 6.54 Å². The molecule has 20 heavy (non-hydrogen) atoms. The van der Waals surface area contributed by atoms with E-state index in [1.54, 1.807) is 20.3 Å². The van der Waals surface area contributed by atoms with Crippen molar-refractivity contribution in [1.29, 1.82) is 0 Å². The van der Waals surface area contributed by atoms with E-state index < -0.39 is 0 Å². The Morgan fingerprint density at radius 2 is 1.65 bits per heavy atom. The Balaban J connectivity index is 2.14. The van der Waals surface area contributed by atoms with Crippen LogP contribution >= 0.6 is 27.5 Å². The average Bonchev–Trinajstić information content (AvgIpc) is 2.47. The molecule has 0 atom stereocenters. The fourth-order valence-corrected chi connectivity index (χ4v) is 2.28. The predicted octanol–water partition coefficient (Wildman–Crippen LogP) is 4.73. The Bertz CT molecular complexity index is 587. The summed E-state index contributed by atoms with van der Waals surface area (Å²) in [5.74, 6) is 1.30. The first-order valence-electron chi connectivity index (χ1n) is 6.04. The smallest absolute Gasteiger partial charge is 0.162 e. The van der Waals surface area contributed by atoms with Gasteiger partial charge in [0.2, 0.25) is 0 Å². The van der Waals surface area contributed by atoms with Crippen molar-refractivity contribution >= 4 is 33.2 Å². The molecule has 0 aliphatic rings.